The zero-order valence-electron chi connectivity index (χ0n) is 15.1. The quantitative estimate of drug-likeness (QED) is 0.596. The van der Waals surface area contributed by atoms with E-state index in [1.165, 1.54) is 0 Å². The molecule has 7 heteroatoms. The summed E-state index contributed by atoms with van der Waals surface area (Å²) in [7, 11) is -1.92. The lowest BCUT2D eigenvalue weighted by Gasteiger charge is -2.47. The standard InChI is InChI=1S/C19H23NO5S/c1-11-16(25-26(3,22)23)9-4-12-10-15-18(17(11)12)20(19(15)21)13-5-7-14(24-2)8-6-13/h5-8,12,15,17-18H,4,9-10H2,1-3H3/t12-,15-,17-,18+/m1/s1. The molecule has 1 aromatic rings. The number of ether oxygens (including phenoxy) is 1. The maximum absolute atomic E-state index is 12.7. The second kappa shape index (κ2) is 6.01. The lowest BCUT2D eigenvalue weighted by Crippen LogP contribution is -2.61. The summed E-state index contributed by atoms with van der Waals surface area (Å²) in [6, 6.07) is 7.58. The van der Waals surface area contributed by atoms with Gasteiger partial charge in [0.15, 0.2) is 0 Å². The minimum atomic E-state index is -3.53. The SMILES string of the molecule is COc1ccc(N2C(=O)[C@@H]3C[C@H]4CCC(OS(C)(=O)=O)=C(C)[C@H]4[C@H]32)cc1. The Labute approximate surface area is 153 Å². The maximum atomic E-state index is 12.7. The van der Waals surface area contributed by atoms with Gasteiger partial charge in [-0.1, -0.05) is 0 Å². The van der Waals surface area contributed by atoms with Crippen LogP contribution in [-0.2, 0) is 19.1 Å². The Morgan fingerprint density at radius 3 is 2.50 bits per heavy atom. The van der Waals surface area contributed by atoms with Crippen LogP contribution in [0.15, 0.2) is 35.6 Å². The molecule has 0 radical (unpaired) electrons. The molecule has 0 spiro atoms. The number of nitrogens with zero attached hydrogens (tertiary/aromatic N) is 1. The first-order valence-corrected chi connectivity index (χ1v) is 10.7. The number of anilines is 1. The van der Waals surface area contributed by atoms with E-state index in [4.69, 9.17) is 8.92 Å². The Morgan fingerprint density at radius 1 is 1.19 bits per heavy atom. The van der Waals surface area contributed by atoms with E-state index in [9.17, 15) is 13.2 Å². The summed E-state index contributed by atoms with van der Waals surface area (Å²) in [6.45, 7) is 1.95. The number of amides is 1. The van der Waals surface area contributed by atoms with Crippen LogP contribution in [0.3, 0.4) is 0 Å². The molecule has 0 aromatic heterocycles. The lowest BCUT2D eigenvalue weighted by molar-refractivity contribution is -0.129. The molecule has 6 nitrogen and oxygen atoms in total. The van der Waals surface area contributed by atoms with E-state index in [1.807, 2.05) is 36.1 Å². The molecular weight excluding hydrogens is 354 g/mol. The van der Waals surface area contributed by atoms with E-state index in [-0.39, 0.29) is 23.8 Å². The Morgan fingerprint density at radius 2 is 1.88 bits per heavy atom. The van der Waals surface area contributed by atoms with Crippen LogP contribution < -0.4 is 9.64 Å². The number of β-lactam (4-membered cyclic amide) rings is 1. The Balaban J connectivity index is 1.66. The molecule has 4 atom stereocenters. The van der Waals surface area contributed by atoms with Gasteiger partial charge in [-0.05, 0) is 55.5 Å². The summed E-state index contributed by atoms with van der Waals surface area (Å²) in [5.41, 5.74) is 1.84. The number of fused-ring (bicyclic) bond motifs is 3. The molecule has 3 aliphatic rings. The summed E-state index contributed by atoms with van der Waals surface area (Å²) in [4.78, 5) is 14.6. The molecule has 1 aromatic carbocycles. The molecule has 0 N–H and O–H groups in total. The second-order valence-corrected chi connectivity index (χ2v) is 9.03. The van der Waals surface area contributed by atoms with Crippen molar-refractivity contribution in [3.8, 4) is 5.75 Å². The molecule has 140 valence electrons. The molecule has 1 amide bonds. The van der Waals surface area contributed by atoms with Gasteiger partial charge >= 0.3 is 10.1 Å². The predicted molar refractivity (Wildman–Crippen MR) is 97.2 cm³/mol. The van der Waals surface area contributed by atoms with Crippen molar-refractivity contribution < 1.29 is 22.1 Å². The molecule has 1 aliphatic heterocycles. The van der Waals surface area contributed by atoms with Gasteiger partial charge in [-0.25, -0.2) is 0 Å². The van der Waals surface area contributed by atoms with Crippen molar-refractivity contribution >= 4 is 21.7 Å². The average molecular weight is 377 g/mol. The van der Waals surface area contributed by atoms with Gasteiger partial charge < -0.3 is 13.8 Å². The van der Waals surface area contributed by atoms with Crippen LogP contribution >= 0.6 is 0 Å². The van der Waals surface area contributed by atoms with Crippen LogP contribution in [0.5, 0.6) is 5.75 Å². The van der Waals surface area contributed by atoms with Crippen LogP contribution in [0.25, 0.3) is 0 Å². The number of hydrogen-bond acceptors (Lipinski definition) is 5. The summed E-state index contributed by atoms with van der Waals surface area (Å²) in [5.74, 6) is 2.06. The van der Waals surface area contributed by atoms with E-state index in [0.29, 0.717) is 18.1 Å². The summed E-state index contributed by atoms with van der Waals surface area (Å²) in [5, 5.41) is 0. The van der Waals surface area contributed by atoms with Gasteiger partial charge in [-0.15, -0.1) is 0 Å². The third-order valence-corrected chi connectivity index (χ3v) is 6.49. The highest BCUT2D eigenvalue weighted by Crippen LogP contribution is 2.55. The van der Waals surface area contributed by atoms with Gasteiger partial charge in [0.25, 0.3) is 0 Å². The number of carbonyl (C=O) groups is 1. The van der Waals surface area contributed by atoms with Crippen molar-refractivity contribution in [3.63, 3.8) is 0 Å². The van der Waals surface area contributed by atoms with Crippen molar-refractivity contribution in [2.75, 3.05) is 18.3 Å². The molecule has 2 fully saturated rings. The number of methoxy groups -OCH3 is 1. The fourth-order valence-electron chi connectivity index (χ4n) is 4.91. The highest BCUT2D eigenvalue weighted by Gasteiger charge is 2.60. The number of hydrogen-bond donors (Lipinski definition) is 0. The topological polar surface area (TPSA) is 72.9 Å². The minimum Gasteiger partial charge on any atom is -0.497 e. The fraction of sp³-hybridized carbons (Fsp3) is 0.526. The zero-order valence-corrected chi connectivity index (χ0v) is 16.0. The van der Waals surface area contributed by atoms with E-state index in [1.54, 1.807) is 7.11 Å². The summed E-state index contributed by atoms with van der Waals surface area (Å²) in [6.07, 6.45) is 3.44. The molecule has 0 bridgehead atoms. The van der Waals surface area contributed by atoms with Crippen LogP contribution in [0.4, 0.5) is 5.69 Å². The van der Waals surface area contributed by atoms with E-state index in [0.717, 1.165) is 36.1 Å². The van der Waals surface area contributed by atoms with Gasteiger partial charge in [0.2, 0.25) is 5.91 Å². The molecular formula is C19H23NO5S. The first-order chi connectivity index (χ1) is 12.3. The molecule has 26 heavy (non-hydrogen) atoms. The van der Waals surface area contributed by atoms with Crippen LogP contribution in [0.2, 0.25) is 0 Å². The largest absolute Gasteiger partial charge is 0.497 e. The van der Waals surface area contributed by atoms with Gasteiger partial charge in [0.1, 0.15) is 11.5 Å². The van der Waals surface area contributed by atoms with Gasteiger partial charge in [-0.2, -0.15) is 8.42 Å². The highest BCUT2D eigenvalue weighted by molar-refractivity contribution is 7.86. The molecule has 2 aliphatic carbocycles. The van der Waals surface area contributed by atoms with Crippen molar-refractivity contribution in [1.29, 1.82) is 0 Å². The molecule has 1 saturated carbocycles. The maximum Gasteiger partial charge on any atom is 0.305 e. The third kappa shape index (κ3) is 2.69. The van der Waals surface area contributed by atoms with Crippen molar-refractivity contribution in [3.05, 3.63) is 35.6 Å². The smallest absolute Gasteiger partial charge is 0.305 e. The molecule has 4 rings (SSSR count). The normalized spacial score (nSPS) is 30.6. The van der Waals surface area contributed by atoms with E-state index < -0.39 is 10.1 Å². The summed E-state index contributed by atoms with van der Waals surface area (Å²) < 4.78 is 33.6. The van der Waals surface area contributed by atoms with Gasteiger partial charge in [-0.3, -0.25) is 4.79 Å². The number of benzene rings is 1. The highest BCUT2D eigenvalue weighted by atomic mass is 32.2. The Bertz CT molecular complexity index is 874. The van der Waals surface area contributed by atoms with Crippen molar-refractivity contribution in [1.82, 2.24) is 0 Å². The number of rotatable bonds is 4. The number of allylic oxidation sites excluding steroid dienone is 1. The molecule has 1 saturated heterocycles. The first kappa shape index (κ1) is 17.4. The lowest BCUT2D eigenvalue weighted by atomic mass is 9.76. The van der Waals surface area contributed by atoms with Gasteiger partial charge in [0.05, 0.1) is 25.3 Å². The first-order valence-electron chi connectivity index (χ1n) is 8.86. The Kier molecular flexibility index (Phi) is 4.02. The van der Waals surface area contributed by atoms with Crippen LogP contribution in [0.1, 0.15) is 26.2 Å². The van der Waals surface area contributed by atoms with Crippen LogP contribution in [0, 0.1) is 17.8 Å². The van der Waals surface area contributed by atoms with Crippen LogP contribution in [-0.4, -0.2) is 33.7 Å². The average Bonchev–Trinajstić information content (AvgIpc) is 2.93. The van der Waals surface area contributed by atoms with Crippen molar-refractivity contribution in [2.45, 2.75) is 32.2 Å². The third-order valence-electron chi connectivity index (χ3n) is 5.98. The summed E-state index contributed by atoms with van der Waals surface area (Å²) >= 11 is 0. The minimum absolute atomic E-state index is 0.0274. The van der Waals surface area contributed by atoms with E-state index >= 15 is 0 Å². The monoisotopic (exact) mass is 377 g/mol. The van der Waals surface area contributed by atoms with E-state index in [2.05, 4.69) is 0 Å². The number of carbonyl (C=O) groups excluding carboxylic acids is 1. The predicted octanol–water partition coefficient (Wildman–Crippen LogP) is 2.71. The molecule has 1 heterocycles. The second-order valence-electron chi connectivity index (χ2n) is 7.46. The van der Waals surface area contributed by atoms with Gasteiger partial charge in [0, 0.05) is 18.0 Å². The fourth-order valence-corrected chi connectivity index (χ4v) is 5.49. The molecule has 0 unspecified atom stereocenters. The Hall–Kier alpha value is -2.02. The van der Waals surface area contributed by atoms with Crippen molar-refractivity contribution in [2.24, 2.45) is 17.8 Å². The zero-order chi connectivity index (χ0) is 18.6.